The van der Waals surface area contributed by atoms with E-state index in [1.807, 2.05) is 13.8 Å². The van der Waals surface area contributed by atoms with Gasteiger partial charge in [-0.05, 0) is 95.2 Å². The Hall–Kier alpha value is -2.43. The van der Waals surface area contributed by atoms with E-state index in [9.17, 15) is 4.39 Å². The first kappa shape index (κ1) is 22.8. The standard InChI is InChI=1S/C27H36FN3O/c1-5-11-27(28)12-8-21(9-13-27)17-31-14-10-22-7-6-18(2)15-23(16-24(22)31)25-19(3)20(4)30-32-26(25)29/h5,10,14-15,21,23,29H,1,6-9,11-13,16-17H2,2-4H3. The van der Waals surface area contributed by atoms with E-state index in [0.717, 1.165) is 55.5 Å². The quantitative estimate of drug-likeness (QED) is 0.561. The predicted molar refractivity (Wildman–Crippen MR) is 125 cm³/mol. The Labute approximate surface area is 190 Å². The Bertz CT molecular complexity index is 1070. The van der Waals surface area contributed by atoms with Crippen molar-refractivity contribution in [2.75, 3.05) is 0 Å². The number of nitrogens with zero attached hydrogens (tertiary/aromatic N) is 2. The average Bonchev–Trinajstić information content (AvgIpc) is 3.10. The third-order valence-corrected chi connectivity index (χ3v) is 7.66. The molecule has 0 saturated heterocycles. The van der Waals surface area contributed by atoms with Crippen LogP contribution in [0.3, 0.4) is 0 Å². The Morgan fingerprint density at radius 1 is 1.28 bits per heavy atom. The van der Waals surface area contributed by atoms with Crippen LogP contribution in [0, 0.1) is 25.2 Å². The molecule has 0 spiro atoms. The Morgan fingerprint density at radius 3 is 2.75 bits per heavy atom. The van der Waals surface area contributed by atoms with Gasteiger partial charge in [-0.15, -0.1) is 6.58 Å². The maximum absolute atomic E-state index is 14.9. The molecule has 0 bridgehead atoms. The zero-order valence-corrected chi connectivity index (χ0v) is 19.7. The van der Waals surface area contributed by atoms with Crippen LogP contribution in [0.15, 0.2) is 41.1 Å². The molecule has 0 amide bonds. The fourth-order valence-corrected chi connectivity index (χ4v) is 5.57. The van der Waals surface area contributed by atoms with Crippen molar-refractivity contribution >= 4 is 0 Å². The summed E-state index contributed by atoms with van der Waals surface area (Å²) >= 11 is 0. The van der Waals surface area contributed by atoms with Crippen molar-refractivity contribution in [3.05, 3.63) is 70.2 Å². The van der Waals surface area contributed by atoms with E-state index in [0.29, 0.717) is 25.2 Å². The molecule has 1 atom stereocenters. The molecule has 0 aliphatic heterocycles. The average molecular weight is 438 g/mol. The van der Waals surface area contributed by atoms with E-state index in [2.05, 4.69) is 41.6 Å². The van der Waals surface area contributed by atoms with E-state index in [-0.39, 0.29) is 11.5 Å². The highest BCUT2D eigenvalue weighted by Crippen LogP contribution is 2.39. The molecular weight excluding hydrogens is 401 g/mol. The molecule has 32 heavy (non-hydrogen) atoms. The van der Waals surface area contributed by atoms with Crippen molar-refractivity contribution in [1.29, 1.82) is 5.41 Å². The molecule has 0 radical (unpaired) electrons. The zero-order chi connectivity index (χ0) is 22.9. The van der Waals surface area contributed by atoms with Gasteiger partial charge < -0.3 is 9.09 Å². The first-order chi connectivity index (χ1) is 15.3. The molecular formula is C27H36FN3O. The van der Waals surface area contributed by atoms with Gasteiger partial charge in [0.15, 0.2) is 0 Å². The molecule has 2 aromatic rings. The van der Waals surface area contributed by atoms with Crippen molar-refractivity contribution in [3.8, 4) is 0 Å². The van der Waals surface area contributed by atoms with Crippen LogP contribution in [0.4, 0.5) is 4.39 Å². The number of alkyl halides is 1. The largest absolute Gasteiger partial charge is 0.351 e. The van der Waals surface area contributed by atoms with Crippen molar-refractivity contribution < 1.29 is 8.91 Å². The molecule has 1 N–H and O–H groups in total. The van der Waals surface area contributed by atoms with Gasteiger partial charge >= 0.3 is 0 Å². The van der Waals surface area contributed by atoms with Crippen LogP contribution in [-0.2, 0) is 19.4 Å². The van der Waals surface area contributed by atoms with E-state index >= 15 is 0 Å². The molecule has 2 aromatic heterocycles. The van der Waals surface area contributed by atoms with Gasteiger partial charge in [-0.25, -0.2) is 4.39 Å². The third kappa shape index (κ3) is 4.67. The lowest BCUT2D eigenvalue weighted by Gasteiger charge is -2.34. The monoisotopic (exact) mass is 437 g/mol. The fraction of sp³-hybridized carbons (Fsp3) is 0.556. The molecule has 0 aromatic carbocycles. The third-order valence-electron chi connectivity index (χ3n) is 7.66. The zero-order valence-electron chi connectivity index (χ0n) is 19.7. The molecule has 5 heteroatoms. The summed E-state index contributed by atoms with van der Waals surface area (Å²) in [5, 5.41) is 12.4. The second-order valence-electron chi connectivity index (χ2n) is 9.99. The summed E-state index contributed by atoms with van der Waals surface area (Å²) in [6.45, 7) is 10.8. The van der Waals surface area contributed by atoms with Crippen LogP contribution in [0.25, 0.3) is 0 Å². The second kappa shape index (κ2) is 9.21. The van der Waals surface area contributed by atoms with E-state index < -0.39 is 5.67 Å². The number of allylic oxidation sites excluding steroid dienone is 3. The SMILES string of the molecule is C=CCC1(F)CCC(Cn2ccc3c2CC(c2c(C)c(C)noc2=N)C=C(C)CC3)CC1. The lowest BCUT2D eigenvalue weighted by Crippen LogP contribution is -2.30. The fourth-order valence-electron chi connectivity index (χ4n) is 5.57. The van der Waals surface area contributed by atoms with Gasteiger partial charge in [-0.1, -0.05) is 22.9 Å². The summed E-state index contributed by atoms with van der Waals surface area (Å²) in [7, 11) is 0. The maximum Gasteiger partial charge on any atom is 0.245 e. The highest BCUT2D eigenvalue weighted by atomic mass is 19.1. The Morgan fingerprint density at radius 2 is 2.03 bits per heavy atom. The topological polar surface area (TPSA) is 54.8 Å². The van der Waals surface area contributed by atoms with Gasteiger partial charge in [0, 0.05) is 29.9 Å². The predicted octanol–water partition coefficient (Wildman–Crippen LogP) is 6.27. The lowest BCUT2D eigenvalue weighted by atomic mass is 9.78. The van der Waals surface area contributed by atoms with Gasteiger partial charge in [0.1, 0.15) is 5.67 Å². The number of aromatic nitrogens is 2. The molecule has 1 fully saturated rings. The highest BCUT2D eigenvalue weighted by molar-refractivity contribution is 5.36. The minimum absolute atomic E-state index is 0.0955. The van der Waals surface area contributed by atoms with Crippen molar-refractivity contribution in [2.24, 2.45) is 5.92 Å². The molecule has 1 unspecified atom stereocenters. The summed E-state index contributed by atoms with van der Waals surface area (Å²) in [5.74, 6) is 0.603. The summed E-state index contributed by atoms with van der Waals surface area (Å²) < 4.78 is 22.6. The number of rotatable bonds is 5. The summed E-state index contributed by atoms with van der Waals surface area (Å²) in [6, 6.07) is 2.27. The summed E-state index contributed by atoms with van der Waals surface area (Å²) in [5.41, 5.74) is 6.06. The van der Waals surface area contributed by atoms with Crippen LogP contribution in [0.1, 0.15) is 79.4 Å². The summed E-state index contributed by atoms with van der Waals surface area (Å²) in [6.07, 6.45) is 12.8. The van der Waals surface area contributed by atoms with Gasteiger partial charge in [0.2, 0.25) is 5.55 Å². The molecule has 4 nitrogen and oxygen atoms in total. The molecule has 2 aliphatic carbocycles. The normalized spacial score (nSPS) is 26.1. The minimum atomic E-state index is -1.05. The molecule has 2 heterocycles. The minimum Gasteiger partial charge on any atom is -0.351 e. The van der Waals surface area contributed by atoms with E-state index in [4.69, 9.17) is 9.93 Å². The molecule has 172 valence electrons. The first-order valence-electron chi connectivity index (χ1n) is 12.0. The number of nitrogens with one attached hydrogen (secondary N) is 1. The van der Waals surface area contributed by atoms with Crippen LogP contribution in [0.2, 0.25) is 0 Å². The lowest BCUT2D eigenvalue weighted by molar-refractivity contribution is 0.0819. The molecule has 4 rings (SSSR count). The van der Waals surface area contributed by atoms with Gasteiger partial charge in [0.05, 0.1) is 5.69 Å². The van der Waals surface area contributed by atoms with Gasteiger partial charge in [-0.2, -0.15) is 0 Å². The number of fused-ring (bicyclic) bond motifs is 1. The number of hydrogen-bond acceptors (Lipinski definition) is 3. The number of halogens is 1. The smallest absolute Gasteiger partial charge is 0.245 e. The van der Waals surface area contributed by atoms with E-state index in [1.165, 1.54) is 16.8 Å². The van der Waals surface area contributed by atoms with Gasteiger partial charge in [-0.3, -0.25) is 5.41 Å². The first-order valence-corrected chi connectivity index (χ1v) is 12.0. The van der Waals surface area contributed by atoms with Crippen molar-refractivity contribution in [2.45, 2.75) is 90.3 Å². The van der Waals surface area contributed by atoms with Gasteiger partial charge in [0.25, 0.3) is 0 Å². The van der Waals surface area contributed by atoms with Crippen molar-refractivity contribution in [3.63, 3.8) is 0 Å². The maximum atomic E-state index is 14.9. The van der Waals surface area contributed by atoms with E-state index in [1.54, 1.807) is 6.08 Å². The van der Waals surface area contributed by atoms with Crippen LogP contribution < -0.4 is 5.55 Å². The second-order valence-corrected chi connectivity index (χ2v) is 9.99. The van der Waals surface area contributed by atoms with Crippen molar-refractivity contribution in [1.82, 2.24) is 9.72 Å². The van der Waals surface area contributed by atoms with Crippen LogP contribution >= 0.6 is 0 Å². The Kier molecular flexibility index (Phi) is 6.55. The van der Waals surface area contributed by atoms with Crippen LogP contribution in [0.5, 0.6) is 0 Å². The summed E-state index contributed by atoms with van der Waals surface area (Å²) in [4.78, 5) is 0. The number of aryl methyl sites for hydroxylation is 2. The molecule has 2 aliphatic rings. The Balaban J connectivity index is 1.60. The molecule has 1 saturated carbocycles. The van der Waals surface area contributed by atoms with Crippen LogP contribution in [-0.4, -0.2) is 15.4 Å². The highest BCUT2D eigenvalue weighted by Gasteiger charge is 2.34. The number of hydrogen-bond donors (Lipinski definition) is 1.